The van der Waals surface area contributed by atoms with E-state index in [4.69, 9.17) is 61.6 Å². The number of amides is 2. The summed E-state index contributed by atoms with van der Waals surface area (Å²) in [7, 11) is -3.88. The Kier molecular flexibility index (Phi) is 19.1. The Morgan fingerprint density at radius 3 is 1.45 bits per heavy atom. The predicted octanol–water partition coefficient (Wildman–Crippen LogP) is 12.2. The van der Waals surface area contributed by atoms with E-state index < -0.39 is 43.9 Å². The number of carbonyl (C=O) groups is 2. The molecule has 6 aromatic heterocycles. The van der Waals surface area contributed by atoms with Crippen LogP contribution in [0, 0.1) is 11.6 Å². The number of ether oxygens (including phenoxy) is 6. The Morgan fingerprint density at radius 2 is 1.06 bits per heavy atom. The number of pyridine rings is 2. The van der Waals surface area contributed by atoms with Gasteiger partial charge in [0.2, 0.25) is 26.8 Å². The summed E-state index contributed by atoms with van der Waals surface area (Å²) >= 11 is 14.3. The van der Waals surface area contributed by atoms with Crippen LogP contribution < -0.4 is 19.3 Å². The molecule has 2 aromatic carbocycles. The molecule has 0 saturated carbocycles. The lowest BCUT2D eigenvalue weighted by atomic mass is 10.2. The Hall–Kier alpha value is -7.24. The highest BCUT2D eigenvalue weighted by Crippen LogP contribution is 2.44. The number of carbonyl (C=O) groups excluding carboxylic acids is 2. The van der Waals surface area contributed by atoms with Gasteiger partial charge >= 0.3 is 12.2 Å². The first-order valence-corrected chi connectivity index (χ1v) is 32.6. The normalized spacial score (nSPS) is 17.8. The second-order valence-electron chi connectivity index (χ2n) is 23.5. The molecule has 89 heavy (non-hydrogen) atoms. The molecule has 10 heterocycles. The molecule has 2 unspecified atom stereocenters. The molecular weight excluding hydrogens is 1240 g/mol. The van der Waals surface area contributed by atoms with E-state index in [9.17, 15) is 18.0 Å². The van der Waals surface area contributed by atoms with Crippen LogP contribution in [0.1, 0.15) is 99.9 Å². The number of fused-ring (bicyclic) bond motifs is 4. The predicted molar refractivity (Wildman–Crippen MR) is 334 cm³/mol. The Bertz CT molecular complexity index is 4070. The summed E-state index contributed by atoms with van der Waals surface area (Å²) < 4.78 is 94.3. The summed E-state index contributed by atoms with van der Waals surface area (Å²) in [6, 6.07) is 6.11. The van der Waals surface area contributed by atoms with Gasteiger partial charge in [0.05, 0.1) is 45.0 Å². The number of thioether (sulfide) groups is 1. The molecule has 8 aromatic rings. The number of anilines is 2. The second-order valence-corrected chi connectivity index (χ2v) is 26.9. The number of halogens is 4. The average Bonchev–Trinajstić information content (AvgIpc) is 2.46. The topological polar surface area (TPSA) is 250 Å². The van der Waals surface area contributed by atoms with Crippen molar-refractivity contribution < 1.29 is 55.2 Å². The maximum atomic E-state index is 15.2. The lowest BCUT2D eigenvalue weighted by Gasteiger charge is -2.36. The van der Waals surface area contributed by atoms with Gasteiger partial charge in [-0.05, 0) is 98.5 Å². The highest BCUT2D eigenvalue weighted by atomic mass is 35.5. The third kappa shape index (κ3) is 14.1. The highest BCUT2D eigenvalue weighted by Gasteiger charge is 2.33. The number of sulfone groups is 1. The molecule has 476 valence electrons. The number of hydrogen-bond donors (Lipinski definition) is 0. The molecule has 0 aliphatic carbocycles. The third-order valence-corrected chi connectivity index (χ3v) is 16.9. The van der Waals surface area contributed by atoms with Crippen LogP contribution in [-0.2, 0) is 28.8 Å². The standard InChI is InChI=1S/C29H33ClFN7O6S.C29H33ClFN7O4S.CH4/c1-29(2,3)44-28(39)37-12-10-36(11-13-37)25-17-8-9-32-26(23(17)34-27(35-25)45(4,40)41)43-24-18-16-33-38(21-7-5-6-14-42-21)20(18)15-19(31)22(24)30;1-29(2,3)42-28(39)37-12-10-36(11-13-37)25-17-8-9-32-26(23(17)34-27(35-25)43-4)41-24-18-16-33-38(21-7-5-6-14-40-21)20(18)15-19(31)22(24)30;/h8-9,15-16,21H,5-7,10-14H2,1-4H3;8-9,15-16,21H,5-7,10-14H2,1-4H3;1H4. The number of hydrogen-bond acceptors (Lipinski definition) is 21. The maximum Gasteiger partial charge on any atom is 0.410 e. The van der Waals surface area contributed by atoms with Crippen molar-refractivity contribution >= 4 is 112 Å². The summed E-state index contributed by atoms with van der Waals surface area (Å²) in [5.41, 5.74) is 0.299. The van der Waals surface area contributed by atoms with Crippen molar-refractivity contribution in [3.8, 4) is 23.3 Å². The number of nitrogens with zero attached hydrogens (tertiary/aromatic N) is 14. The second kappa shape index (κ2) is 26.3. The zero-order valence-corrected chi connectivity index (χ0v) is 52.9. The van der Waals surface area contributed by atoms with Crippen LogP contribution in [0.15, 0.2) is 59.4 Å². The Balaban J connectivity index is 0.000000194. The fraction of sp³-hybridized carbons (Fsp3) is 0.492. The van der Waals surface area contributed by atoms with E-state index in [1.807, 2.05) is 38.0 Å². The molecule has 4 aliphatic heterocycles. The lowest BCUT2D eigenvalue weighted by molar-refractivity contribution is -0.0368. The van der Waals surface area contributed by atoms with E-state index >= 15 is 8.78 Å². The monoisotopic (exact) mass is 1310 g/mol. The van der Waals surface area contributed by atoms with Crippen LogP contribution >= 0.6 is 35.0 Å². The van der Waals surface area contributed by atoms with E-state index in [0.717, 1.165) is 44.8 Å². The SMILES string of the molecule is C.CC(C)(C)OC(=O)N1CCN(c2nc(S(C)(=O)=O)nc3c(Oc4c(Cl)c(F)cc5c4cnn5C4CCCCO4)nccc23)CC1.CSc1nc(N2CCN(C(=O)OC(C)(C)C)CC2)c2ccnc(Oc3c(Cl)c(F)cc4c3cnn4C3CCCCO3)c2n1. The van der Waals surface area contributed by atoms with Crippen LogP contribution in [0.5, 0.6) is 23.3 Å². The molecule has 4 saturated heterocycles. The fourth-order valence-electron chi connectivity index (χ4n) is 10.6. The molecule has 4 aliphatic rings. The smallest absolute Gasteiger partial charge is 0.410 e. The van der Waals surface area contributed by atoms with Crippen molar-refractivity contribution in [1.82, 2.24) is 59.3 Å². The molecule has 12 rings (SSSR count). The van der Waals surface area contributed by atoms with Gasteiger partial charge in [-0.25, -0.2) is 66.1 Å². The molecule has 24 nitrogen and oxygen atoms in total. The van der Waals surface area contributed by atoms with E-state index in [-0.39, 0.29) is 64.8 Å². The van der Waals surface area contributed by atoms with Crippen LogP contribution in [-0.4, -0.2) is 169 Å². The van der Waals surface area contributed by atoms with Crippen LogP contribution in [0.4, 0.5) is 30.0 Å². The summed E-state index contributed by atoms with van der Waals surface area (Å²) in [5, 5.41) is 10.7. The molecular formula is C59H70Cl2F2N14O10S2. The maximum absolute atomic E-state index is 15.2. The molecule has 0 N–H and O–H groups in total. The van der Waals surface area contributed by atoms with Crippen molar-refractivity contribution in [1.29, 1.82) is 0 Å². The molecule has 4 fully saturated rings. The van der Waals surface area contributed by atoms with Crippen molar-refractivity contribution in [2.24, 2.45) is 0 Å². The summed E-state index contributed by atoms with van der Waals surface area (Å²) in [4.78, 5) is 59.5. The quantitative estimate of drug-likeness (QED) is 0.0911. The summed E-state index contributed by atoms with van der Waals surface area (Å²) in [6.45, 7) is 15.6. The van der Waals surface area contributed by atoms with Gasteiger partial charge in [-0.3, -0.25) is 0 Å². The van der Waals surface area contributed by atoms with Gasteiger partial charge in [0.15, 0.2) is 29.1 Å². The van der Waals surface area contributed by atoms with Crippen molar-refractivity contribution in [3.05, 3.63) is 70.7 Å². The van der Waals surface area contributed by atoms with E-state index in [1.54, 1.807) is 58.4 Å². The van der Waals surface area contributed by atoms with E-state index in [0.29, 0.717) is 120 Å². The highest BCUT2D eigenvalue weighted by molar-refractivity contribution is 7.98. The molecule has 2 amide bonds. The molecule has 30 heteroatoms. The largest absolute Gasteiger partial charge is 0.444 e. The number of rotatable bonds is 10. The molecule has 0 radical (unpaired) electrons. The zero-order chi connectivity index (χ0) is 62.4. The molecule has 0 bridgehead atoms. The van der Waals surface area contributed by atoms with Gasteiger partial charge in [-0.2, -0.15) is 10.2 Å². The molecule has 2 atom stereocenters. The van der Waals surface area contributed by atoms with E-state index in [2.05, 4.69) is 35.0 Å². The van der Waals surface area contributed by atoms with Gasteiger partial charge in [0.25, 0.3) is 0 Å². The zero-order valence-electron chi connectivity index (χ0n) is 49.8. The minimum Gasteiger partial charge on any atom is -0.444 e. The van der Waals surface area contributed by atoms with Gasteiger partial charge in [0.1, 0.15) is 55.6 Å². The van der Waals surface area contributed by atoms with Crippen molar-refractivity contribution in [2.45, 2.75) is 121 Å². The van der Waals surface area contributed by atoms with Crippen LogP contribution in [0.2, 0.25) is 10.0 Å². The first kappa shape index (κ1) is 64.7. The third-order valence-electron chi connectivity index (χ3n) is 14.8. The van der Waals surface area contributed by atoms with Crippen LogP contribution in [0.25, 0.3) is 43.6 Å². The number of benzene rings is 2. The van der Waals surface area contributed by atoms with Gasteiger partial charge in [-0.15, -0.1) is 0 Å². The van der Waals surface area contributed by atoms with Gasteiger partial charge in [0, 0.05) is 96.4 Å². The first-order valence-electron chi connectivity index (χ1n) is 28.8. The fourth-order valence-corrected chi connectivity index (χ4v) is 11.9. The Labute approximate surface area is 527 Å². The van der Waals surface area contributed by atoms with Crippen molar-refractivity contribution in [2.75, 3.05) is 87.9 Å². The first-order chi connectivity index (χ1) is 41.9. The minimum absolute atomic E-state index is 0. The molecule has 0 spiro atoms. The number of piperazine rings is 2. The van der Waals surface area contributed by atoms with Gasteiger partial charge in [-0.1, -0.05) is 42.4 Å². The van der Waals surface area contributed by atoms with Crippen molar-refractivity contribution in [3.63, 3.8) is 0 Å². The minimum atomic E-state index is -3.88. The average molecular weight is 1310 g/mol. The van der Waals surface area contributed by atoms with Gasteiger partial charge < -0.3 is 48.0 Å². The lowest BCUT2D eigenvalue weighted by Crippen LogP contribution is -2.50. The Morgan fingerprint density at radius 1 is 0.629 bits per heavy atom. The van der Waals surface area contributed by atoms with E-state index in [1.165, 1.54) is 36.3 Å². The summed E-state index contributed by atoms with van der Waals surface area (Å²) in [6.07, 6.45) is 13.1. The number of aromatic nitrogens is 10. The van der Waals surface area contributed by atoms with Crippen LogP contribution in [0.3, 0.4) is 0 Å². The summed E-state index contributed by atoms with van der Waals surface area (Å²) in [5.74, 6) is -0.200.